The van der Waals surface area contributed by atoms with Gasteiger partial charge in [-0.1, -0.05) is 19.9 Å². The number of aryl methyl sites for hydroxylation is 1. The van der Waals surface area contributed by atoms with Crippen molar-refractivity contribution in [3.8, 4) is 0 Å². The summed E-state index contributed by atoms with van der Waals surface area (Å²) in [6, 6.07) is 5.80. The lowest BCUT2D eigenvalue weighted by molar-refractivity contribution is 0.503. The predicted molar refractivity (Wildman–Crippen MR) is 75.5 cm³/mol. The van der Waals surface area contributed by atoms with Gasteiger partial charge in [-0.3, -0.25) is 4.98 Å². The molecule has 0 aliphatic rings. The van der Waals surface area contributed by atoms with Crippen molar-refractivity contribution < 1.29 is 8.78 Å². The molecule has 0 aliphatic carbocycles. The molecule has 2 rings (SSSR count). The molecular formula is C16H18F2N2. The van der Waals surface area contributed by atoms with E-state index in [-0.39, 0.29) is 6.04 Å². The first kappa shape index (κ1) is 14.6. The van der Waals surface area contributed by atoms with Gasteiger partial charge in [0.2, 0.25) is 0 Å². The number of halogens is 2. The summed E-state index contributed by atoms with van der Waals surface area (Å²) in [6.45, 7) is 4.77. The van der Waals surface area contributed by atoms with Crippen molar-refractivity contribution in [2.45, 2.75) is 26.3 Å². The quantitative estimate of drug-likeness (QED) is 0.902. The van der Waals surface area contributed by atoms with Crippen LogP contribution >= 0.6 is 0 Å². The van der Waals surface area contributed by atoms with Crippen molar-refractivity contribution in [2.75, 3.05) is 6.54 Å². The number of rotatable bonds is 5. The number of hydrogen-bond acceptors (Lipinski definition) is 2. The van der Waals surface area contributed by atoms with Crippen LogP contribution in [0.4, 0.5) is 8.78 Å². The van der Waals surface area contributed by atoms with Crippen LogP contribution in [0.1, 0.15) is 36.6 Å². The Morgan fingerprint density at radius 1 is 1.15 bits per heavy atom. The first-order chi connectivity index (χ1) is 9.67. The number of pyridine rings is 1. The van der Waals surface area contributed by atoms with Crippen molar-refractivity contribution in [1.29, 1.82) is 0 Å². The Balaban J connectivity index is 2.47. The van der Waals surface area contributed by atoms with Gasteiger partial charge in [-0.2, -0.15) is 0 Å². The van der Waals surface area contributed by atoms with Gasteiger partial charge in [-0.05, 0) is 47.9 Å². The van der Waals surface area contributed by atoms with Crippen LogP contribution in [0.25, 0.3) is 0 Å². The van der Waals surface area contributed by atoms with Gasteiger partial charge in [0.25, 0.3) is 0 Å². The van der Waals surface area contributed by atoms with Crippen LogP contribution in [0.2, 0.25) is 0 Å². The average molecular weight is 276 g/mol. The maximum atomic E-state index is 13.5. The number of nitrogens with one attached hydrogen (secondary N) is 1. The minimum absolute atomic E-state index is 0.159. The summed E-state index contributed by atoms with van der Waals surface area (Å²) in [5.41, 5.74) is 2.87. The van der Waals surface area contributed by atoms with E-state index in [0.717, 1.165) is 24.1 Å². The average Bonchev–Trinajstić information content (AvgIpc) is 2.48. The molecule has 106 valence electrons. The van der Waals surface area contributed by atoms with Crippen molar-refractivity contribution in [3.05, 3.63) is 65.0 Å². The van der Waals surface area contributed by atoms with Crippen LogP contribution in [0.5, 0.6) is 0 Å². The van der Waals surface area contributed by atoms with Crippen molar-refractivity contribution in [3.63, 3.8) is 0 Å². The van der Waals surface area contributed by atoms with Crippen LogP contribution in [-0.4, -0.2) is 11.5 Å². The molecule has 20 heavy (non-hydrogen) atoms. The highest BCUT2D eigenvalue weighted by molar-refractivity contribution is 5.36. The third-order valence-electron chi connectivity index (χ3n) is 3.32. The topological polar surface area (TPSA) is 24.9 Å². The normalized spacial score (nSPS) is 12.4. The molecule has 0 saturated carbocycles. The van der Waals surface area contributed by atoms with E-state index in [1.54, 1.807) is 12.3 Å². The van der Waals surface area contributed by atoms with E-state index >= 15 is 0 Å². The Morgan fingerprint density at radius 2 is 1.95 bits per heavy atom. The second-order valence-corrected chi connectivity index (χ2v) is 4.59. The minimum atomic E-state index is -0.825. The van der Waals surface area contributed by atoms with Crippen molar-refractivity contribution in [1.82, 2.24) is 10.3 Å². The first-order valence-electron chi connectivity index (χ1n) is 6.78. The fourth-order valence-electron chi connectivity index (χ4n) is 2.32. The summed E-state index contributed by atoms with van der Waals surface area (Å²) < 4.78 is 26.6. The van der Waals surface area contributed by atoms with E-state index in [0.29, 0.717) is 5.56 Å². The Bertz CT molecular complexity index is 584. The smallest absolute Gasteiger partial charge is 0.159 e. The van der Waals surface area contributed by atoms with Gasteiger partial charge in [-0.25, -0.2) is 8.78 Å². The van der Waals surface area contributed by atoms with E-state index in [1.165, 1.54) is 12.1 Å². The zero-order valence-electron chi connectivity index (χ0n) is 11.7. The summed E-state index contributed by atoms with van der Waals surface area (Å²) in [4.78, 5) is 4.12. The van der Waals surface area contributed by atoms with Gasteiger partial charge in [0.05, 0.1) is 6.04 Å². The van der Waals surface area contributed by atoms with Gasteiger partial charge < -0.3 is 5.32 Å². The van der Waals surface area contributed by atoms with Crippen LogP contribution in [0.3, 0.4) is 0 Å². The molecule has 1 aromatic heterocycles. The fourth-order valence-corrected chi connectivity index (χ4v) is 2.32. The summed E-state index contributed by atoms with van der Waals surface area (Å²) in [5.74, 6) is -1.65. The predicted octanol–water partition coefficient (Wildman–Crippen LogP) is 3.62. The van der Waals surface area contributed by atoms with Crippen LogP contribution in [0, 0.1) is 11.6 Å². The Morgan fingerprint density at radius 3 is 2.60 bits per heavy atom. The number of aromatic nitrogens is 1. The Labute approximate surface area is 117 Å². The molecule has 1 N–H and O–H groups in total. The van der Waals surface area contributed by atoms with Gasteiger partial charge >= 0.3 is 0 Å². The second kappa shape index (κ2) is 6.57. The second-order valence-electron chi connectivity index (χ2n) is 4.59. The molecule has 1 unspecified atom stereocenters. The molecule has 0 amide bonds. The molecule has 0 fully saturated rings. The van der Waals surface area contributed by atoms with Gasteiger partial charge in [0.15, 0.2) is 11.6 Å². The highest BCUT2D eigenvalue weighted by Gasteiger charge is 2.17. The Hall–Kier alpha value is -1.81. The van der Waals surface area contributed by atoms with E-state index in [4.69, 9.17) is 0 Å². The standard InChI is InChI=1S/C16H18F2N2/c1-3-11-10-19-8-7-13(11)16(20-4-2)12-5-6-14(17)15(18)9-12/h5-10,16,20H,3-4H2,1-2H3. The van der Waals surface area contributed by atoms with Crippen LogP contribution in [-0.2, 0) is 6.42 Å². The van der Waals surface area contributed by atoms with E-state index in [1.807, 2.05) is 19.2 Å². The maximum absolute atomic E-state index is 13.5. The summed E-state index contributed by atoms with van der Waals surface area (Å²) in [5, 5.41) is 3.32. The molecule has 0 bridgehead atoms. The molecular weight excluding hydrogens is 258 g/mol. The zero-order chi connectivity index (χ0) is 14.5. The van der Waals surface area contributed by atoms with Crippen LogP contribution in [0.15, 0.2) is 36.7 Å². The Kier molecular flexibility index (Phi) is 4.79. The largest absolute Gasteiger partial charge is 0.307 e. The van der Waals surface area contributed by atoms with Gasteiger partial charge in [-0.15, -0.1) is 0 Å². The van der Waals surface area contributed by atoms with Gasteiger partial charge in [0, 0.05) is 12.4 Å². The lowest BCUT2D eigenvalue weighted by Gasteiger charge is -2.21. The number of nitrogens with zero attached hydrogens (tertiary/aromatic N) is 1. The summed E-state index contributed by atoms with van der Waals surface area (Å²) >= 11 is 0. The third-order valence-corrected chi connectivity index (χ3v) is 3.32. The van der Waals surface area contributed by atoms with Crippen molar-refractivity contribution >= 4 is 0 Å². The molecule has 0 aliphatic heterocycles. The zero-order valence-corrected chi connectivity index (χ0v) is 11.7. The number of hydrogen-bond donors (Lipinski definition) is 1. The van der Waals surface area contributed by atoms with Crippen molar-refractivity contribution in [2.24, 2.45) is 0 Å². The lowest BCUT2D eigenvalue weighted by Crippen LogP contribution is -2.23. The van der Waals surface area contributed by atoms with Gasteiger partial charge in [0.1, 0.15) is 0 Å². The molecule has 2 nitrogen and oxygen atoms in total. The molecule has 1 heterocycles. The third kappa shape index (κ3) is 3.02. The highest BCUT2D eigenvalue weighted by Crippen LogP contribution is 2.26. The molecule has 2 aromatic rings. The number of benzene rings is 1. The van der Waals surface area contributed by atoms with E-state index < -0.39 is 11.6 Å². The summed E-state index contributed by atoms with van der Waals surface area (Å²) in [6.07, 6.45) is 4.38. The SMILES string of the molecule is CCNC(c1ccc(F)c(F)c1)c1ccncc1CC. The van der Waals surface area contributed by atoms with E-state index in [2.05, 4.69) is 17.2 Å². The molecule has 1 aromatic carbocycles. The fraction of sp³-hybridized carbons (Fsp3) is 0.312. The minimum Gasteiger partial charge on any atom is -0.307 e. The molecule has 4 heteroatoms. The monoisotopic (exact) mass is 276 g/mol. The van der Waals surface area contributed by atoms with E-state index in [9.17, 15) is 8.78 Å². The molecule has 0 radical (unpaired) electrons. The molecule has 0 spiro atoms. The maximum Gasteiger partial charge on any atom is 0.159 e. The first-order valence-corrected chi connectivity index (χ1v) is 6.78. The highest BCUT2D eigenvalue weighted by atomic mass is 19.2. The molecule has 0 saturated heterocycles. The molecule has 1 atom stereocenters. The summed E-state index contributed by atoms with van der Waals surface area (Å²) in [7, 11) is 0. The lowest BCUT2D eigenvalue weighted by atomic mass is 9.94. The van der Waals surface area contributed by atoms with Crippen LogP contribution < -0.4 is 5.32 Å².